The molecule has 0 unspecified atom stereocenters. The molecule has 1 heterocycles. The molecule has 0 bridgehead atoms. The number of rotatable bonds is 6. The van der Waals surface area contributed by atoms with Crippen molar-refractivity contribution >= 4 is 29.2 Å². The van der Waals surface area contributed by atoms with Gasteiger partial charge in [0.05, 0.1) is 17.9 Å². The molecule has 3 aromatic carbocycles. The number of halogens is 1. The predicted octanol–water partition coefficient (Wildman–Crippen LogP) is 4.16. The minimum absolute atomic E-state index is 0.00599. The van der Waals surface area contributed by atoms with Crippen LogP contribution < -0.4 is 10.2 Å². The number of hydrogen-bond donors (Lipinski definition) is 1. The lowest BCUT2D eigenvalue weighted by Gasteiger charge is -2.26. The highest BCUT2D eigenvalue weighted by Crippen LogP contribution is 2.32. The Balaban J connectivity index is 1.75. The van der Waals surface area contributed by atoms with Crippen molar-refractivity contribution in [1.29, 1.82) is 0 Å². The number of anilines is 1. The normalized spacial score (nSPS) is 15.1. The molecule has 178 valence electrons. The first-order valence-electron chi connectivity index (χ1n) is 11.1. The number of Topliss-reactive ketones (excluding diaryl/α,β-unsaturated/α-hetero) is 1. The fourth-order valence-corrected chi connectivity index (χ4v) is 3.94. The first-order chi connectivity index (χ1) is 16.8. The van der Waals surface area contributed by atoms with E-state index in [9.17, 15) is 18.8 Å². The topological polar surface area (TPSA) is 88.1 Å². The van der Waals surface area contributed by atoms with Crippen molar-refractivity contribution < 1.29 is 23.5 Å². The molecular weight excluding hydrogens is 449 g/mol. The maximum Gasteiger partial charge on any atom is 0.409 e. The SMILES string of the molecule is CC(=O)CN1C(=O)[C@@H](NC(=O)OCc2ccccc2)N=C(c2ccccc2F)c2cccc(C)c21. The molecule has 0 spiro atoms. The summed E-state index contributed by atoms with van der Waals surface area (Å²) in [6, 6.07) is 20.4. The van der Waals surface area contributed by atoms with Crippen molar-refractivity contribution in [2.24, 2.45) is 4.99 Å². The van der Waals surface area contributed by atoms with Crippen LogP contribution in [0, 0.1) is 12.7 Å². The van der Waals surface area contributed by atoms with Crippen molar-refractivity contribution in [2.75, 3.05) is 11.4 Å². The van der Waals surface area contributed by atoms with Crippen LogP contribution in [0.3, 0.4) is 0 Å². The number of nitrogens with one attached hydrogen (secondary N) is 1. The molecule has 0 saturated heterocycles. The zero-order valence-electron chi connectivity index (χ0n) is 19.3. The molecule has 3 aromatic rings. The van der Waals surface area contributed by atoms with E-state index in [4.69, 9.17) is 4.74 Å². The van der Waals surface area contributed by atoms with Gasteiger partial charge in [0, 0.05) is 11.1 Å². The van der Waals surface area contributed by atoms with E-state index in [2.05, 4.69) is 10.3 Å². The quantitative estimate of drug-likeness (QED) is 0.582. The second kappa shape index (κ2) is 10.3. The number of fused-ring (bicyclic) bond motifs is 1. The van der Waals surface area contributed by atoms with Gasteiger partial charge in [-0.05, 0) is 37.1 Å². The maximum absolute atomic E-state index is 14.9. The van der Waals surface area contributed by atoms with Crippen LogP contribution in [0.4, 0.5) is 14.9 Å². The van der Waals surface area contributed by atoms with Gasteiger partial charge in [0.25, 0.3) is 5.91 Å². The Bertz CT molecular complexity index is 1310. The van der Waals surface area contributed by atoms with Crippen molar-refractivity contribution in [3.63, 3.8) is 0 Å². The molecule has 1 N–H and O–H groups in total. The van der Waals surface area contributed by atoms with Gasteiger partial charge in [0.2, 0.25) is 6.17 Å². The molecule has 4 rings (SSSR count). The lowest BCUT2D eigenvalue weighted by Crippen LogP contribution is -2.49. The zero-order chi connectivity index (χ0) is 24.9. The third-order valence-corrected chi connectivity index (χ3v) is 5.50. The molecule has 7 nitrogen and oxygen atoms in total. The number of para-hydroxylation sites is 1. The summed E-state index contributed by atoms with van der Waals surface area (Å²) in [7, 11) is 0. The fourth-order valence-electron chi connectivity index (χ4n) is 3.94. The summed E-state index contributed by atoms with van der Waals surface area (Å²) in [6.45, 7) is 2.92. The first kappa shape index (κ1) is 23.8. The molecule has 0 radical (unpaired) electrons. The summed E-state index contributed by atoms with van der Waals surface area (Å²) < 4.78 is 20.1. The van der Waals surface area contributed by atoms with Crippen LogP contribution in [-0.4, -0.2) is 36.2 Å². The number of carbonyl (C=O) groups is 3. The van der Waals surface area contributed by atoms with Crippen LogP contribution in [0.5, 0.6) is 0 Å². The number of nitrogens with zero attached hydrogens (tertiary/aromatic N) is 2. The third-order valence-electron chi connectivity index (χ3n) is 5.50. The lowest BCUT2D eigenvalue weighted by molar-refractivity contribution is -0.123. The van der Waals surface area contributed by atoms with E-state index in [0.29, 0.717) is 16.8 Å². The molecule has 1 aliphatic rings. The summed E-state index contributed by atoms with van der Waals surface area (Å²) in [4.78, 5) is 44.0. The van der Waals surface area contributed by atoms with Gasteiger partial charge in [-0.3, -0.25) is 14.9 Å². The molecule has 0 aromatic heterocycles. The second-order valence-corrected chi connectivity index (χ2v) is 8.16. The fraction of sp³-hybridized carbons (Fsp3) is 0.185. The number of hydrogen-bond acceptors (Lipinski definition) is 5. The van der Waals surface area contributed by atoms with E-state index < -0.39 is 24.0 Å². The van der Waals surface area contributed by atoms with Crippen LogP contribution in [0.15, 0.2) is 77.8 Å². The minimum Gasteiger partial charge on any atom is -0.445 e. The summed E-state index contributed by atoms with van der Waals surface area (Å²) in [5.41, 5.74) is 2.75. The number of amides is 2. The van der Waals surface area contributed by atoms with Gasteiger partial charge in [-0.1, -0.05) is 60.7 Å². The highest BCUT2D eigenvalue weighted by molar-refractivity contribution is 6.21. The first-order valence-corrected chi connectivity index (χ1v) is 11.1. The molecule has 1 atom stereocenters. The summed E-state index contributed by atoms with van der Waals surface area (Å²) >= 11 is 0. The van der Waals surface area contributed by atoms with Gasteiger partial charge in [-0.15, -0.1) is 0 Å². The van der Waals surface area contributed by atoms with Crippen LogP contribution >= 0.6 is 0 Å². The highest BCUT2D eigenvalue weighted by Gasteiger charge is 2.35. The molecule has 8 heteroatoms. The Kier molecular flexibility index (Phi) is 7.01. The minimum atomic E-state index is -1.43. The van der Waals surface area contributed by atoms with Crippen LogP contribution in [0.25, 0.3) is 0 Å². The number of benzene rings is 3. The maximum atomic E-state index is 14.9. The average Bonchev–Trinajstić information content (AvgIpc) is 2.95. The van der Waals surface area contributed by atoms with Crippen molar-refractivity contribution in [2.45, 2.75) is 26.6 Å². The van der Waals surface area contributed by atoms with Gasteiger partial charge in [0.1, 0.15) is 18.2 Å². The Morgan fingerprint density at radius 1 is 1.00 bits per heavy atom. The summed E-state index contributed by atoms with van der Waals surface area (Å²) in [5.74, 6) is -1.41. The highest BCUT2D eigenvalue weighted by atomic mass is 19.1. The van der Waals surface area contributed by atoms with E-state index in [1.807, 2.05) is 18.2 Å². The second-order valence-electron chi connectivity index (χ2n) is 8.16. The molecule has 1 aliphatic heterocycles. The number of alkyl carbamates (subject to hydrolysis) is 1. The number of ether oxygens (including phenoxy) is 1. The molecule has 35 heavy (non-hydrogen) atoms. The van der Waals surface area contributed by atoms with E-state index in [1.54, 1.807) is 55.5 Å². The Labute approximate surface area is 202 Å². The molecule has 0 fully saturated rings. The average molecular weight is 474 g/mol. The smallest absolute Gasteiger partial charge is 0.409 e. The van der Waals surface area contributed by atoms with Crippen LogP contribution in [-0.2, 0) is 20.9 Å². The van der Waals surface area contributed by atoms with Gasteiger partial charge < -0.3 is 9.64 Å². The standard InChI is InChI=1S/C27H24FN3O4/c1-17-9-8-13-21-23(20-12-6-7-14-22(20)28)29-25(26(33)31(24(17)21)15-18(2)32)30-27(34)35-16-19-10-4-3-5-11-19/h3-14,25H,15-16H2,1-2H3,(H,30,34)/t25-/m1/s1. The van der Waals surface area contributed by atoms with E-state index in [-0.39, 0.29) is 30.2 Å². The van der Waals surface area contributed by atoms with Crippen LogP contribution in [0.1, 0.15) is 29.2 Å². The predicted molar refractivity (Wildman–Crippen MR) is 130 cm³/mol. The molecule has 0 saturated carbocycles. The van der Waals surface area contributed by atoms with Gasteiger partial charge in [-0.25, -0.2) is 14.2 Å². The number of aliphatic imine (C=N–C) groups is 1. The van der Waals surface area contributed by atoms with Crippen molar-refractivity contribution in [3.8, 4) is 0 Å². The van der Waals surface area contributed by atoms with Gasteiger partial charge >= 0.3 is 6.09 Å². The van der Waals surface area contributed by atoms with Gasteiger partial charge in [0.15, 0.2) is 0 Å². The number of ketones is 1. The third kappa shape index (κ3) is 5.27. The largest absolute Gasteiger partial charge is 0.445 e. The Morgan fingerprint density at radius 2 is 1.69 bits per heavy atom. The zero-order valence-corrected chi connectivity index (χ0v) is 19.3. The summed E-state index contributed by atoms with van der Waals surface area (Å²) in [5, 5.41) is 2.48. The monoisotopic (exact) mass is 473 g/mol. The number of carbonyl (C=O) groups excluding carboxylic acids is 3. The van der Waals surface area contributed by atoms with E-state index in [1.165, 1.54) is 17.9 Å². The van der Waals surface area contributed by atoms with Crippen molar-refractivity contribution in [1.82, 2.24) is 5.32 Å². The molecule has 2 amide bonds. The van der Waals surface area contributed by atoms with Gasteiger partial charge in [-0.2, -0.15) is 0 Å². The van der Waals surface area contributed by atoms with Crippen molar-refractivity contribution in [3.05, 3.63) is 101 Å². The van der Waals surface area contributed by atoms with E-state index >= 15 is 0 Å². The Hall–Kier alpha value is -4.33. The summed E-state index contributed by atoms with van der Waals surface area (Å²) in [6.07, 6.45) is -2.30. The molecule has 0 aliphatic carbocycles. The number of benzodiazepines with no additional fused rings is 1. The molecular formula is C27H24FN3O4. The lowest BCUT2D eigenvalue weighted by atomic mass is 9.97. The van der Waals surface area contributed by atoms with E-state index in [0.717, 1.165) is 5.56 Å². The van der Waals surface area contributed by atoms with Crippen LogP contribution in [0.2, 0.25) is 0 Å². The Morgan fingerprint density at radius 3 is 2.40 bits per heavy atom. The number of aryl methyl sites for hydroxylation is 1.